The van der Waals surface area contributed by atoms with E-state index in [4.69, 9.17) is 4.98 Å². The molecule has 3 aromatic rings. The number of aryl methyl sites for hydroxylation is 2. The van der Waals surface area contributed by atoms with Crippen molar-refractivity contribution in [2.75, 3.05) is 26.2 Å². The number of hydrogen-bond acceptors (Lipinski definition) is 4. The first-order valence-electron chi connectivity index (χ1n) is 10.9. The molecule has 1 amide bonds. The molecule has 0 aliphatic rings. The van der Waals surface area contributed by atoms with E-state index in [0.717, 1.165) is 55.8 Å². The van der Waals surface area contributed by atoms with Crippen LogP contribution >= 0.6 is 0 Å². The second-order valence-electron chi connectivity index (χ2n) is 7.81. The van der Waals surface area contributed by atoms with Gasteiger partial charge < -0.3 is 10.2 Å². The zero-order valence-electron chi connectivity index (χ0n) is 18.6. The van der Waals surface area contributed by atoms with Gasteiger partial charge in [-0.2, -0.15) is 5.10 Å². The summed E-state index contributed by atoms with van der Waals surface area (Å²) in [4.78, 5) is 19.9. The van der Waals surface area contributed by atoms with Gasteiger partial charge in [-0.25, -0.2) is 9.50 Å². The number of aromatic nitrogens is 3. The van der Waals surface area contributed by atoms with Crippen LogP contribution in [0.2, 0.25) is 0 Å². The van der Waals surface area contributed by atoms with Crippen LogP contribution in [0, 0.1) is 13.8 Å². The molecule has 0 saturated carbocycles. The summed E-state index contributed by atoms with van der Waals surface area (Å²) in [6, 6.07) is 10.3. The summed E-state index contributed by atoms with van der Waals surface area (Å²) in [5.74, 6) is -0.111. The molecule has 0 spiro atoms. The van der Waals surface area contributed by atoms with Crippen molar-refractivity contribution < 1.29 is 4.79 Å². The molecule has 6 heteroatoms. The minimum absolute atomic E-state index is 0.111. The molecule has 0 bridgehead atoms. The Kier molecular flexibility index (Phi) is 7.57. The van der Waals surface area contributed by atoms with Gasteiger partial charge in [-0.05, 0) is 50.9 Å². The molecule has 160 valence electrons. The van der Waals surface area contributed by atoms with Gasteiger partial charge in [0.2, 0.25) is 0 Å². The van der Waals surface area contributed by atoms with Crippen LogP contribution in [0.3, 0.4) is 0 Å². The number of benzene rings is 1. The van der Waals surface area contributed by atoms with Crippen LogP contribution in [0.5, 0.6) is 0 Å². The lowest BCUT2D eigenvalue weighted by atomic mass is 10.0. The molecular formula is C24H33N5O. The summed E-state index contributed by atoms with van der Waals surface area (Å²) in [5.41, 5.74) is 5.51. The van der Waals surface area contributed by atoms with E-state index in [1.807, 2.05) is 32.0 Å². The van der Waals surface area contributed by atoms with Crippen LogP contribution in [-0.4, -0.2) is 51.6 Å². The summed E-state index contributed by atoms with van der Waals surface area (Å²) in [5, 5.41) is 7.51. The Balaban J connectivity index is 1.75. The number of nitrogens with one attached hydrogen (secondary N) is 1. The van der Waals surface area contributed by atoms with E-state index >= 15 is 0 Å². The van der Waals surface area contributed by atoms with Gasteiger partial charge in [-0.3, -0.25) is 4.79 Å². The summed E-state index contributed by atoms with van der Waals surface area (Å²) in [6.07, 6.45) is 4.67. The number of nitrogens with zero attached hydrogens (tertiary/aromatic N) is 4. The number of rotatable bonds is 10. The molecule has 0 aliphatic heterocycles. The minimum Gasteiger partial charge on any atom is -0.351 e. The Morgan fingerprint density at radius 3 is 2.43 bits per heavy atom. The first-order chi connectivity index (χ1) is 14.5. The second kappa shape index (κ2) is 10.3. The maximum absolute atomic E-state index is 12.8. The van der Waals surface area contributed by atoms with Crippen molar-refractivity contribution in [3.8, 4) is 0 Å². The van der Waals surface area contributed by atoms with Crippen molar-refractivity contribution >= 4 is 11.6 Å². The SMILES string of the molecule is CCCN(CCC)CCNC(=O)c1cnn2c(C)c(Cc3ccccc3)c(C)nc12. The van der Waals surface area contributed by atoms with Gasteiger partial charge in [-0.15, -0.1) is 0 Å². The molecule has 2 aromatic heterocycles. The monoisotopic (exact) mass is 407 g/mol. The third-order valence-corrected chi connectivity index (χ3v) is 5.47. The standard InChI is InChI=1S/C24H33N5O/c1-5-13-28(14-6-2)15-12-25-24(30)22-17-26-29-19(4)21(18(3)27-23(22)29)16-20-10-8-7-9-11-20/h7-11,17H,5-6,12-16H2,1-4H3,(H,25,30). The lowest BCUT2D eigenvalue weighted by molar-refractivity contribution is 0.0949. The fourth-order valence-corrected chi connectivity index (χ4v) is 3.92. The molecule has 0 unspecified atom stereocenters. The van der Waals surface area contributed by atoms with Gasteiger partial charge in [0.25, 0.3) is 5.91 Å². The van der Waals surface area contributed by atoms with Crippen molar-refractivity contribution in [3.05, 3.63) is 64.6 Å². The first kappa shape index (κ1) is 22.0. The maximum Gasteiger partial charge on any atom is 0.256 e. The van der Waals surface area contributed by atoms with Gasteiger partial charge in [0, 0.05) is 30.9 Å². The second-order valence-corrected chi connectivity index (χ2v) is 7.81. The molecule has 0 aliphatic carbocycles. The number of fused-ring (bicyclic) bond motifs is 1. The number of carbonyl (C=O) groups is 1. The molecule has 0 atom stereocenters. The highest BCUT2D eigenvalue weighted by molar-refractivity contribution is 5.99. The topological polar surface area (TPSA) is 62.5 Å². The molecular weight excluding hydrogens is 374 g/mol. The van der Waals surface area contributed by atoms with E-state index in [1.165, 1.54) is 5.56 Å². The fourth-order valence-electron chi connectivity index (χ4n) is 3.92. The zero-order chi connectivity index (χ0) is 21.5. The number of amides is 1. The summed E-state index contributed by atoms with van der Waals surface area (Å²) in [7, 11) is 0. The Morgan fingerprint density at radius 2 is 1.77 bits per heavy atom. The van der Waals surface area contributed by atoms with Crippen LogP contribution in [-0.2, 0) is 6.42 Å². The summed E-state index contributed by atoms with van der Waals surface area (Å²) < 4.78 is 1.79. The Labute approximate surface area is 179 Å². The smallest absolute Gasteiger partial charge is 0.256 e. The van der Waals surface area contributed by atoms with E-state index < -0.39 is 0 Å². The third-order valence-electron chi connectivity index (χ3n) is 5.47. The van der Waals surface area contributed by atoms with Gasteiger partial charge in [0.1, 0.15) is 5.56 Å². The highest BCUT2D eigenvalue weighted by Crippen LogP contribution is 2.20. The maximum atomic E-state index is 12.8. The fraction of sp³-hybridized carbons (Fsp3) is 0.458. The zero-order valence-corrected chi connectivity index (χ0v) is 18.6. The van der Waals surface area contributed by atoms with E-state index in [1.54, 1.807) is 10.7 Å². The molecule has 30 heavy (non-hydrogen) atoms. The van der Waals surface area contributed by atoms with E-state index in [2.05, 4.69) is 41.3 Å². The molecule has 2 heterocycles. The number of hydrogen-bond donors (Lipinski definition) is 1. The van der Waals surface area contributed by atoms with Gasteiger partial charge in [-0.1, -0.05) is 44.2 Å². The molecule has 0 radical (unpaired) electrons. The lowest BCUT2D eigenvalue weighted by Gasteiger charge is -2.20. The highest BCUT2D eigenvalue weighted by atomic mass is 16.1. The minimum atomic E-state index is -0.111. The van der Waals surface area contributed by atoms with Crippen molar-refractivity contribution in [1.82, 2.24) is 24.8 Å². The van der Waals surface area contributed by atoms with Crippen molar-refractivity contribution in [2.45, 2.75) is 47.0 Å². The van der Waals surface area contributed by atoms with Crippen LogP contribution in [0.25, 0.3) is 5.65 Å². The third kappa shape index (κ3) is 5.05. The normalized spacial score (nSPS) is 11.4. The average molecular weight is 408 g/mol. The highest BCUT2D eigenvalue weighted by Gasteiger charge is 2.18. The van der Waals surface area contributed by atoms with Crippen LogP contribution in [0.4, 0.5) is 0 Å². The molecule has 1 N–H and O–H groups in total. The van der Waals surface area contributed by atoms with Crippen LogP contribution in [0.1, 0.15) is 59.6 Å². The van der Waals surface area contributed by atoms with E-state index in [9.17, 15) is 4.79 Å². The lowest BCUT2D eigenvalue weighted by Crippen LogP contribution is -2.35. The molecule has 1 aromatic carbocycles. The van der Waals surface area contributed by atoms with Gasteiger partial charge >= 0.3 is 0 Å². The van der Waals surface area contributed by atoms with Crippen molar-refractivity contribution in [3.63, 3.8) is 0 Å². The van der Waals surface area contributed by atoms with E-state index in [-0.39, 0.29) is 5.91 Å². The predicted octanol–water partition coefficient (Wildman–Crippen LogP) is 3.79. The number of carbonyl (C=O) groups excluding carboxylic acids is 1. The average Bonchev–Trinajstić information content (AvgIpc) is 3.16. The van der Waals surface area contributed by atoms with Gasteiger partial charge in [0.15, 0.2) is 5.65 Å². The Bertz CT molecular complexity index is 974. The van der Waals surface area contributed by atoms with Crippen molar-refractivity contribution in [2.24, 2.45) is 0 Å². The van der Waals surface area contributed by atoms with E-state index in [0.29, 0.717) is 17.8 Å². The summed E-state index contributed by atoms with van der Waals surface area (Å²) in [6.45, 7) is 12.0. The molecule has 0 fully saturated rings. The Morgan fingerprint density at radius 1 is 1.07 bits per heavy atom. The van der Waals surface area contributed by atoms with Crippen LogP contribution in [0.15, 0.2) is 36.5 Å². The molecule has 3 rings (SSSR count). The quantitative estimate of drug-likeness (QED) is 0.555. The van der Waals surface area contributed by atoms with Gasteiger partial charge in [0.05, 0.1) is 6.20 Å². The first-order valence-corrected chi connectivity index (χ1v) is 10.9. The predicted molar refractivity (Wildman–Crippen MR) is 121 cm³/mol. The summed E-state index contributed by atoms with van der Waals surface area (Å²) >= 11 is 0. The van der Waals surface area contributed by atoms with Crippen LogP contribution < -0.4 is 5.32 Å². The van der Waals surface area contributed by atoms with Crippen molar-refractivity contribution in [1.29, 1.82) is 0 Å². The molecule has 6 nitrogen and oxygen atoms in total. The Hall–Kier alpha value is -2.73. The molecule has 0 saturated heterocycles. The largest absolute Gasteiger partial charge is 0.351 e.